The Hall–Kier alpha value is -0.420. The lowest BCUT2D eigenvalue weighted by molar-refractivity contribution is 0.351. The number of nitrogens with one attached hydrogen (secondary N) is 1. The number of H-pyrrole nitrogens is 1. The molecule has 1 unspecified atom stereocenters. The van der Waals surface area contributed by atoms with Gasteiger partial charge < -0.3 is 4.90 Å². The van der Waals surface area contributed by atoms with E-state index >= 15 is 0 Å². The molecule has 0 aromatic carbocycles. The number of hydrogen-bond donors (Lipinski definition) is 1. The van der Waals surface area contributed by atoms with E-state index in [9.17, 15) is 0 Å². The van der Waals surface area contributed by atoms with Gasteiger partial charge in [-0.15, -0.1) is 5.10 Å². The van der Waals surface area contributed by atoms with Crippen molar-refractivity contribution in [3.63, 3.8) is 0 Å². The van der Waals surface area contributed by atoms with Crippen molar-refractivity contribution in [1.82, 2.24) is 10.2 Å². The lowest BCUT2D eigenvalue weighted by Crippen LogP contribution is -2.24. The van der Waals surface area contributed by atoms with E-state index < -0.39 is 0 Å². The number of anilines is 1. The molecular weight excluding hydrogens is 238 g/mol. The second kappa shape index (κ2) is 5.27. The predicted molar refractivity (Wildman–Crippen MR) is 71.7 cm³/mol. The van der Waals surface area contributed by atoms with E-state index in [-0.39, 0.29) is 0 Å². The van der Waals surface area contributed by atoms with Crippen LogP contribution in [0.5, 0.6) is 0 Å². The molecule has 1 atom stereocenters. The fraction of sp³-hybridized carbons (Fsp3) is 0.818. The van der Waals surface area contributed by atoms with Crippen LogP contribution in [0.15, 0.2) is 0 Å². The minimum Gasteiger partial charge on any atom is -0.347 e. The predicted octanol–water partition coefficient (Wildman–Crippen LogP) is 3.46. The summed E-state index contributed by atoms with van der Waals surface area (Å²) in [5, 5.41) is 8.19. The summed E-state index contributed by atoms with van der Waals surface area (Å²) in [5.41, 5.74) is 0. The molecule has 1 saturated heterocycles. The summed E-state index contributed by atoms with van der Waals surface area (Å²) in [6.07, 6.45) is 3.91. The van der Waals surface area contributed by atoms with Crippen LogP contribution in [0.1, 0.15) is 33.1 Å². The Morgan fingerprint density at radius 3 is 2.88 bits per heavy atom. The SMILES string of the molecule is CC(C)C1CCCN(c2n[nH]c(=S)s2)CC1. The molecule has 1 aromatic heterocycles. The lowest BCUT2D eigenvalue weighted by Gasteiger charge is -2.20. The summed E-state index contributed by atoms with van der Waals surface area (Å²) in [6.45, 7) is 6.91. The van der Waals surface area contributed by atoms with Gasteiger partial charge in [0.1, 0.15) is 0 Å². The zero-order valence-corrected chi connectivity index (χ0v) is 11.5. The maximum Gasteiger partial charge on any atom is 0.206 e. The van der Waals surface area contributed by atoms with Crippen LogP contribution in [-0.2, 0) is 0 Å². The van der Waals surface area contributed by atoms with Crippen molar-refractivity contribution in [2.24, 2.45) is 11.8 Å². The molecule has 0 bridgehead atoms. The van der Waals surface area contributed by atoms with Crippen molar-refractivity contribution in [1.29, 1.82) is 0 Å². The van der Waals surface area contributed by atoms with Gasteiger partial charge in [0.15, 0.2) is 3.95 Å². The first-order chi connectivity index (χ1) is 7.66. The molecule has 0 radical (unpaired) electrons. The van der Waals surface area contributed by atoms with Crippen molar-refractivity contribution in [2.45, 2.75) is 33.1 Å². The van der Waals surface area contributed by atoms with Crippen LogP contribution in [0, 0.1) is 15.8 Å². The topological polar surface area (TPSA) is 31.9 Å². The average molecular weight is 257 g/mol. The van der Waals surface area contributed by atoms with E-state index in [0.29, 0.717) is 0 Å². The van der Waals surface area contributed by atoms with Gasteiger partial charge in [-0.3, -0.25) is 5.10 Å². The second-order valence-electron chi connectivity index (χ2n) is 4.82. The smallest absolute Gasteiger partial charge is 0.206 e. The highest BCUT2D eigenvalue weighted by molar-refractivity contribution is 7.73. The molecule has 2 heterocycles. The molecule has 0 amide bonds. The molecule has 5 heteroatoms. The zero-order chi connectivity index (χ0) is 11.5. The highest BCUT2D eigenvalue weighted by Gasteiger charge is 2.20. The van der Waals surface area contributed by atoms with Gasteiger partial charge in [0.2, 0.25) is 5.13 Å². The van der Waals surface area contributed by atoms with Gasteiger partial charge in [-0.25, -0.2) is 0 Å². The molecule has 90 valence electrons. The van der Waals surface area contributed by atoms with Crippen LogP contribution in [0.25, 0.3) is 0 Å². The van der Waals surface area contributed by atoms with Crippen molar-refractivity contribution in [3.8, 4) is 0 Å². The number of aromatic nitrogens is 2. The molecule has 0 aliphatic carbocycles. The van der Waals surface area contributed by atoms with Gasteiger partial charge >= 0.3 is 0 Å². The Morgan fingerprint density at radius 1 is 1.44 bits per heavy atom. The molecule has 1 fully saturated rings. The Kier molecular flexibility index (Phi) is 3.97. The van der Waals surface area contributed by atoms with Gasteiger partial charge in [0.05, 0.1) is 0 Å². The summed E-state index contributed by atoms with van der Waals surface area (Å²) in [6, 6.07) is 0. The van der Waals surface area contributed by atoms with Crippen LogP contribution in [0.4, 0.5) is 5.13 Å². The average Bonchev–Trinajstić information content (AvgIpc) is 2.54. The van der Waals surface area contributed by atoms with E-state index in [2.05, 4.69) is 28.9 Å². The van der Waals surface area contributed by atoms with E-state index in [4.69, 9.17) is 12.2 Å². The van der Waals surface area contributed by atoms with E-state index in [0.717, 1.165) is 34.0 Å². The van der Waals surface area contributed by atoms with Crippen molar-refractivity contribution in [2.75, 3.05) is 18.0 Å². The third-order valence-corrected chi connectivity index (χ3v) is 4.56. The third-order valence-electron chi connectivity index (χ3n) is 3.41. The van der Waals surface area contributed by atoms with Gasteiger partial charge in [0.25, 0.3) is 0 Å². The maximum absolute atomic E-state index is 5.07. The summed E-state index contributed by atoms with van der Waals surface area (Å²) in [4.78, 5) is 2.37. The van der Waals surface area contributed by atoms with Crippen LogP contribution in [0.3, 0.4) is 0 Å². The molecule has 1 aliphatic heterocycles. The molecule has 3 nitrogen and oxygen atoms in total. The molecule has 16 heavy (non-hydrogen) atoms. The molecule has 0 saturated carbocycles. The van der Waals surface area contributed by atoms with Crippen molar-refractivity contribution in [3.05, 3.63) is 3.95 Å². The molecular formula is C11H19N3S2. The third kappa shape index (κ3) is 2.83. The molecule has 2 rings (SSSR count). The van der Waals surface area contributed by atoms with Crippen LogP contribution in [0.2, 0.25) is 0 Å². The molecule has 1 aliphatic rings. The van der Waals surface area contributed by atoms with E-state index in [1.165, 1.54) is 19.3 Å². The summed E-state index contributed by atoms with van der Waals surface area (Å²) >= 11 is 6.66. The lowest BCUT2D eigenvalue weighted by atomic mass is 9.89. The van der Waals surface area contributed by atoms with Crippen molar-refractivity contribution >= 4 is 28.7 Å². The summed E-state index contributed by atoms with van der Waals surface area (Å²) in [7, 11) is 0. The highest BCUT2D eigenvalue weighted by atomic mass is 32.1. The van der Waals surface area contributed by atoms with E-state index in [1.807, 2.05) is 0 Å². The fourth-order valence-electron chi connectivity index (χ4n) is 2.34. The Morgan fingerprint density at radius 2 is 2.25 bits per heavy atom. The minimum absolute atomic E-state index is 0.777. The number of aromatic amines is 1. The molecule has 1 aromatic rings. The first-order valence-electron chi connectivity index (χ1n) is 5.97. The summed E-state index contributed by atoms with van der Waals surface area (Å²) in [5.74, 6) is 1.68. The summed E-state index contributed by atoms with van der Waals surface area (Å²) < 4.78 is 0.777. The largest absolute Gasteiger partial charge is 0.347 e. The van der Waals surface area contributed by atoms with Crippen LogP contribution >= 0.6 is 23.6 Å². The molecule has 1 N–H and O–H groups in total. The number of nitrogens with zero attached hydrogens (tertiary/aromatic N) is 2. The monoisotopic (exact) mass is 257 g/mol. The van der Waals surface area contributed by atoms with Gasteiger partial charge in [-0.05, 0) is 43.3 Å². The minimum atomic E-state index is 0.777. The van der Waals surface area contributed by atoms with Crippen LogP contribution < -0.4 is 4.90 Å². The van der Waals surface area contributed by atoms with E-state index in [1.54, 1.807) is 11.3 Å². The molecule has 0 spiro atoms. The second-order valence-corrected chi connectivity index (χ2v) is 6.46. The van der Waals surface area contributed by atoms with Gasteiger partial charge in [0, 0.05) is 13.1 Å². The highest BCUT2D eigenvalue weighted by Crippen LogP contribution is 2.27. The maximum atomic E-state index is 5.07. The number of rotatable bonds is 2. The first kappa shape index (κ1) is 12.0. The Labute approximate surface area is 106 Å². The van der Waals surface area contributed by atoms with Crippen molar-refractivity contribution < 1.29 is 0 Å². The normalized spacial score (nSPS) is 22.4. The fourth-order valence-corrected chi connectivity index (χ4v) is 3.27. The van der Waals surface area contributed by atoms with Gasteiger partial charge in [-0.1, -0.05) is 25.2 Å². The quantitative estimate of drug-likeness (QED) is 0.823. The Bertz CT molecular complexity index is 383. The number of hydrogen-bond acceptors (Lipinski definition) is 4. The van der Waals surface area contributed by atoms with Gasteiger partial charge in [-0.2, -0.15) is 0 Å². The zero-order valence-electron chi connectivity index (χ0n) is 9.90. The standard InChI is InChI=1S/C11H19N3S2/c1-8(2)9-4-3-6-14(7-5-9)10-12-13-11(15)16-10/h8-9H,3-7H2,1-2H3,(H,13,15). The Balaban J connectivity index is 2.01. The first-order valence-corrected chi connectivity index (χ1v) is 7.19. The van der Waals surface area contributed by atoms with Crippen LogP contribution in [-0.4, -0.2) is 23.3 Å².